The van der Waals surface area contributed by atoms with Crippen molar-refractivity contribution in [3.8, 4) is 22.6 Å². The van der Waals surface area contributed by atoms with Gasteiger partial charge in [-0.2, -0.15) is 16.8 Å². The number of nitrogens with two attached hydrogens (primary N) is 2. The lowest BCUT2D eigenvalue weighted by atomic mass is 10.1. The number of ether oxygens (including phenoxy) is 2. The van der Waals surface area contributed by atoms with E-state index in [9.17, 15) is 25.9 Å². The fraction of sp³-hybridized carbons (Fsp3) is 0.368. The highest BCUT2D eigenvalue weighted by molar-refractivity contribution is 7.86. The standard InChI is InChI=1S/C19H24N2O8S2/c1-10(20)8-28-16-4-12-3-13-5-17(29-9-11(2)21)19(31(25,26)27)7-15(13)14(12)6-18(16)30(22,23)24/h4-7,10-11H,3,8-9,20-21H2,1-2H3,(H,22,23,24)(H,25,26,27). The normalized spacial score (nSPS) is 15.2. The first-order valence-corrected chi connectivity index (χ1v) is 12.2. The van der Waals surface area contributed by atoms with E-state index >= 15 is 0 Å². The van der Waals surface area contributed by atoms with Crippen LogP contribution in [0.15, 0.2) is 34.1 Å². The molecule has 6 N–H and O–H groups in total. The van der Waals surface area contributed by atoms with E-state index in [1.165, 1.54) is 24.3 Å². The maximum atomic E-state index is 11.9. The lowest BCUT2D eigenvalue weighted by Crippen LogP contribution is -2.24. The number of hydrogen-bond acceptors (Lipinski definition) is 8. The number of benzene rings is 2. The van der Waals surface area contributed by atoms with E-state index in [0.29, 0.717) is 28.7 Å². The molecular weight excluding hydrogens is 448 g/mol. The predicted molar refractivity (Wildman–Crippen MR) is 113 cm³/mol. The molecule has 0 aromatic heterocycles. The maximum Gasteiger partial charge on any atom is 0.298 e. The number of hydrogen-bond donors (Lipinski definition) is 4. The van der Waals surface area contributed by atoms with Crippen molar-refractivity contribution in [1.29, 1.82) is 0 Å². The van der Waals surface area contributed by atoms with Gasteiger partial charge in [0.25, 0.3) is 20.2 Å². The zero-order chi connectivity index (χ0) is 23.1. The second kappa shape index (κ2) is 8.37. The summed E-state index contributed by atoms with van der Waals surface area (Å²) in [6.45, 7) is 3.40. The molecule has 2 atom stereocenters. The first-order valence-electron chi connectivity index (χ1n) is 9.33. The van der Waals surface area contributed by atoms with Gasteiger partial charge in [-0.1, -0.05) is 0 Å². The SMILES string of the molecule is CC(N)COc1cc2c(cc1S(=O)(=O)O)-c1cc(S(=O)(=O)O)c(OCC(C)N)cc1C2. The highest BCUT2D eigenvalue weighted by Crippen LogP contribution is 2.44. The van der Waals surface area contributed by atoms with E-state index in [1.807, 2.05) is 0 Å². The van der Waals surface area contributed by atoms with E-state index < -0.39 is 30.0 Å². The smallest absolute Gasteiger partial charge is 0.298 e. The van der Waals surface area contributed by atoms with Crippen LogP contribution in [0.25, 0.3) is 11.1 Å². The molecule has 0 amide bonds. The second-order valence-electron chi connectivity index (χ2n) is 7.62. The van der Waals surface area contributed by atoms with Gasteiger partial charge in [-0.3, -0.25) is 9.11 Å². The minimum Gasteiger partial charge on any atom is -0.491 e. The van der Waals surface area contributed by atoms with Gasteiger partial charge in [0.2, 0.25) is 0 Å². The molecule has 0 aliphatic heterocycles. The van der Waals surface area contributed by atoms with Gasteiger partial charge in [-0.25, -0.2) is 0 Å². The predicted octanol–water partition coefficient (Wildman–Crippen LogP) is 1.20. The quantitative estimate of drug-likeness (QED) is 0.348. The lowest BCUT2D eigenvalue weighted by molar-refractivity contribution is 0.287. The molecule has 10 nitrogen and oxygen atoms in total. The van der Waals surface area contributed by atoms with Crippen LogP contribution < -0.4 is 20.9 Å². The molecule has 0 saturated carbocycles. The molecule has 2 aromatic rings. The van der Waals surface area contributed by atoms with E-state index in [4.69, 9.17) is 20.9 Å². The van der Waals surface area contributed by atoms with Crippen LogP contribution in [0.4, 0.5) is 0 Å². The van der Waals surface area contributed by atoms with Crippen LogP contribution in [0, 0.1) is 0 Å². The van der Waals surface area contributed by atoms with Gasteiger partial charge >= 0.3 is 0 Å². The average molecular weight is 473 g/mol. The molecule has 0 fully saturated rings. The topological polar surface area (TPSA) is 179 Å². The van der Waals surface area contributed by atoms with Gasteiger partial charge in [0.1, 0.15) is 34.5 Å². The molecule has 2 aromatic carbocycles. The van der Waals surface area contributed by atoms with Crippen LogP contribution in [-0.4, -0.2) is 51.2 Å². The van der Waals surface area contributed by atoms with Crippen LogP contribution in [0.3, 0.4) is 0 Å². The van der Waals surface area contributed by atoms with Crippen LogP contribution in [0.1, 0.15) is 25.0 Å². The minimum absolute atomic E-state index is 0.0242. The van der Waals surface area contributed by atoms with Crippen molar-refractivity contribution >= 4 is 20.2 Å². The summed E-state index contributed by atoms with van der Waals surface area (Å²) in [5, 5.41) is 0. The zero-order valence-electron chi connectivity index (χ0n) is 16.9. The fourth-order valence-electron chi connectivity index (χ4n) is 3.27. The van der Waals surface area contributed by atoms with Crippen LogP contribution in [-0.2, 0) is 26.7 Å². The molecule has 3 rings (SSSR count). The summed E-state index contributed by atoms with van der Waals surface area (Å²) in [4.78, 5) is -0.934. The minimum atomic E-state index is -4.64. The third-order valence-corrected chi connectivity index (χ3v) is 6.32. The van der Waals surface area contributed by atoms with Gasteiger partial charge in [0, 0.05) is 12.1 Å². The highest BCUT2D eigenvalue weighted by Gasteiger charge is 2.29. The third kappa shape index (κ3) is 5.17. The first kappa shape index (κ1) is 23.4. The Morgan fingerprint density at radius 1 is 0.806 bits per heavy atom. The Balaban J connectivity index is 2.16. The molecule has 0 radical (unpaired) electrons. The molecule has 2 unspecified atom stereocenters. The van der Waals surface area contributed by atoms with Gasteiger partial charge in [-0.15, -0.1) is 0 Å². The average Bonchev–Trinajstić information content (AvgIpc) is 2.97. The van der Waals surface area contributed by atoms with Gasteiger partial charge in [-0.05, 0) is 66.8 Å². The van der Waals surface area contributed by atoms with Gasteiger partial charge in [0.05, 0.1) is 0 Å². The first-order chi connectivity index (χ1) is 14.3. The second-order valence-corrected chi connectivity index (χ2v) is 10.4. The lowest BCUT2D eigenvalue weighted by Gasteiger charge is -2.15. The van der Waals surface area contributed by atoms with Crippen molar-refractivity contribution in [2.75, 3.05) is 13.2 Å². The molecule has 170 valence electrons. The Morgan fingerprint density at radius 2 is 1.16 bits per heavy atom. The van der Waals surface area contributed by atoms with Crippen LogP contribution in [0.5, 0.6) is 11.5 Å². The van der Waals surface area contributed by atoms with Crippen molar-refractivity contribution < 1.29 is 35.4 Å². The summed E-state index contributed by atoms with van der Waals surface area (Å²) in [5.41, 5.74) is 13.4. The molecule has 31 heavy (non-hydrogen) atoms. The van der Waals surface area contributed by atoms with Crippen LogP contribution in [0.2, 0.25) is 0 Å². The number of rotatable bonds is 8. The Kier molecular flexibility index (Phi) is 6.33. The monoisotopic (exact) mass is 472 g/mol. The zero-order valence-corrected chi connectivity index (χ0v) is 18.5. The Bertz CT molecular complexity index is 1130. The van der Waals surface area contributed by atoms with E-state index in [2.05, 4.69) is 0 Å². The molecule has 0 heterocycles. The van der Waals surface area contributed by atoms with Crippen molar-refractivity contribution in [2.24, 2.45) is 11.5 Å². The number of fused-ring (bicyclic) bond motifs is 3. The van der Waals surface area contributed by atoms with Crippen molar-refractivity contribution in [2.45, 2.75) is 42.1 Å². The van der Waals surface area contributed by atoms with Crippen molar-refractivity contribution in [1.82, 2.24) is 0 Å². The highest BCUT2D eigenvalue weighted by atomic mass is 32.2. The van der Waals surface area contributed by atoms with E-state index in [-0.39, 0.29) is 36.8 Å². The maximum absolute atomic E-state index is 11.9. The van der Waals surface area contributed by atoms with E-state index in [1.54, 1.807) is 13.8 Å². The van der Waals surface area contributed by atoms with Gasteiger partial charge in [0.15, 0.2) is 0 Å². The molecule has 0 saturated heterocycles. The van der Waals surface area contributed by atoms with Crippen LogP contribution >= 0.6 is 0 Å². The van der Waals surface area contributed by atoms with Crippen molar-refractivity contribution in [3.63, 3.8) is 0 Å². The van der Waals surface area contributed by atoms with Crippen molar-refractivity contribution in [3.05, 3.63) is 35.4 Å². The Hall–Kier alpha value is -2.22. The Morgan fingerprint density at radius 3 is 1.45 bits per heavy atom. The Labute approximate surface area is 180 Å². The molecule has 1 aliphatic rings. The molecule has 12 heteroatoms. The fourth-order valence-corrected chi connectivity index (χ4v) is 4.55. The summed E-state index contributed by atoms with van der Waals surface area (Å²) < 4.78 is 77.9. The van der Waals surface area contributed by atoms with E-state index in [0.717, 1.165) is 0 Å². The molecule has 0 spiro atoms. The summed E-state index contributed by atoms with van der Waals surface area (Å²) in [7, 11) is -9.28. The van der Waals surface area contributed by atoms with Gasteiger partial charge < -0.3 is 20.9 Å². The third-order valence-electron chi connectivity index (χ3n) is 4.57. The molecular formula is C19H24N2O8S2. The summed E-state index contributed by atoms with van der Waals surface area (Å²) >= 11 is 0. The largest absolute Gasteiger partial charge is 0.491 e. The summed E-state index contributed by atoms with van der Waals surface area (Å²) in [6, 6.07) is 4.61. The molecule has 0 bridgehead atoms. The summed E-state index contributed by atoms with van der Waals surface area (Å²) in [6.07, 6.45) is 0.325. The molecule has 1 aliphatic carbocycles. The summed E-state index contributed by atoms with van der Waals surface area (Å²) in [5.74, 6) is -0.121.